The fourth-order valence-corrected chi connectivity index (χ4v) is 3.66. The van der Waals surface area contributed by atoms with Crippen LogP contribution in [0.15, 0.2) is 0 Å². The van der Waals surface area contributed by atoms with E-state index in [9.17, 15) is 0 Å². The van der Waals surface area contributed by atoms with Crippen molar-refractivity contribution in [2.75, 3.05) is 26.3 Å². The Morgan fingerprint density at radius 3 is 2.93 bits per heavy atom. The van der Waals surface area contributed by atoms with Crippen LogP contribution in [0.1, 0.15) is 46.0 Å². The highest BCUT2D eigenvalue weighted by atomic mass is 16.5. The standard InChI is InChI=1S/C13H25NO/c1-3-12-7-10-15-11-13(12)8-5-6-9-14(13)4-2/h12H,3-11H2,1-2H3/t12-,13+/m0/s1. The van der Waals surface area contributed by atoms with Gasteiger partial charge in [0.05, 0.1) is 6.61 Å². The summed E-state index contributed by atoms with van der Waals surface area (Å²) in [5.74, 6) is 0.867. The molecule has 0 amide bonds. The third-order valence-electron chi connectivity index (χ3n) is 4.51. The molecule has 2 aliphatic heterocycles. The molecule has 0 saturated carbocycles. The third kappa shape index (κ3) is 1.94. The largest absolute Gasteiger partial charge is 0.380 e. The summed E-state index contributed by atoms with van der Waals surface area (Å²) in [5, 5.41) is 0. The Labute approximate surface area is 94.0 Å². The fraction of sp³-hybridized carbons (Fsp3) is 1.00. The van der Waals surface area contributed by atoms with Gasteiger partial charge in [-0.15, -0.1) is 0 Å². The molecule has 2 fully saturated rings. The summed E-state index contributed by atoms with van der Waals surface area (Å²) in [4.78, 5) is 2.70. The normalized spacial score (nSPS) is 38.4. The first kappa shape index (κ1) is 11.4. The van der Waals surface area contributed by atoms with Crippen LogP contribution >= 0.6 is 0 Å². The SMILES string of the molecule is CC[C@H]1CCOC[C@]12CCCCN2CC. The highest BCUT2D eigenvalue weighted by Gasteiger charge is 2.45. The molecule has 2 heterocycles. The quantitative estimate of drug-likeness (QED) is 0.696. The molecule has 2 saturated heterocycles. The summed E-state index contributed by atoms with van der Waals surface area (Å²) in [6, 6.07) is 0. The van der Waals surface area contributed by atoms with Gasteiger partial charge in [0.25, 0.3) is 0 Å². The lowest BCUT2D eigenvalue weighted by Crippen LogP contribution is -2.61. The molecule has 0 unspecified atom stereocenters. The predicted octanol–water partition coefficient (Wildman–Crippen LogP) is 2.68. The molecular formula is C13H25NO. The van der Waals surface area contributed by atoms with Crippen LogP contribution in [0.25, 0.3) is 0 Å². The molecule has 2 nitrogen and oxygen atoms in total. The van der Waals surface area contributed by atoms with Crippen molar-refractivity contribution in [2.45, 2.75) is 51.5 Å². The molecule has 0 N–H and O–H groups in total. The second kappa shape index (κ2) is 4.84. The van der Waals surface area contributed by atoms with Crippen LogP contribution in [-0.4, -0.2) is 36.7 Å². The Bertz CT molecular complexity index is 183. The van der Waals surface area contributed by atoms with Gasteiger partial charge in [0, 0.05) is 12.1 Å². The fourth-order valence-electron chi connectivity index (χ4n) is 3.66. The number of nitrogens with zero attached hydrogens (tertiary/aromatic N) is 1. The lowest BCUT2D eigenvalue weighted by Gasteiger charge is -2.53. The lowest BCUT2D eigenvalue weighted by molar-refractivity contribution is -0.105. The number of likely N-dealkylation sites (N-methyl/N-ethyl adjacent to an activating group) is 1. The molecule has 0 aromatic rings. The van der Waals surface area contributed by atoms with Crippen LogP contribution in [-0.2, 0) is 4.74 Å². The molecule has 1 spiro atoms. The predicted molar refractivity (Wildman–Crippen MR) is 63.0 cm³/mol. The average Bonchev–Trinajstić information content (AvgIpc) is 2.30. The van der Waals surface area contributed by atoms with Crippen LogP contribution in [0, 0.1) is 5.92 Å². The van der Waals surface area contributed by atoms with Crippen molar-refractivity contribution in [3.05, 3.63) is 0 Å². The smallest absolute Gasteiger partial charge is 0.0653 e. The van der Waals surface area contributed by atoms with Crippen LogP contribution in [0.3, 0.4) is 0 Å². The monoisotopic (exact) mass is 211 g/mol. The number of hydrogen-bond donors (Lipinski definition) is 0. The molecule has 0 bridgehead atoms. The molecule has 0 aromatic carbocycles. The van der Waals surface area contributed by atoms with Crippen LogP contribution in [0.5, 0.6) is 0 Å². The van der Waals surface area contributed by atoms with Crippen LogP contribution in [0.4, 0.5) is 0 Å². The van der Waals surface area contributed by atoms with Gasteiger partial charge in [-0.05, 0) is 38.3 Å². The van der Waals surface area contributed by atoms with E-state index in [1.165, 1.54) is 45.2 Å². The van der Waals surface area contributed by atoms with Gasteiger partial charge in [-0.1, -0.05) is 26.7 Å². The van der Waals surface area contributed by atoms with Crippen LogP contribution in [0.2, 0.25) is 0 Å². The minimum atomic E-state index is 0.403. The van der Waals surface area contributed by atoms with E-state index in [0.29, 0.717) is 5.54 Å². The van der Waals surface area contributed by atoms with Gasteiger partial charge < -0.3 is 4.74 Å². The number of ether oxygens (including phenoxy) is 1. The number of rotatable bonds is 2. The van der Waals surface area contributed by atoms with E-state index in [0.717, 1.165) is 19.1 Å². The second-order valence-corrected chi connectivity index (χ2v) is 5.09. The average molecular weight is 211 g/mol. The lowest BCUT2D eigenvalue weighted by atomic mass is 9.72. The maximum Gasteiger partial charge on any atom is 0.0653 e. The van der Waals surface area contributed by atoms with Crippen molar-refractivity contribution in [1.82, 2.24) is 4.90 Å². The van der Waals surface area contributed by atoms with Gasteiger partial charge in [0.1, 0.15) is 0 Å². The summed E-state index contributed by atoms with van der Waals surface area (Å²) in [6.45, 7) is 9.10. The van der Waals surface area contributed by atoms with Crippen molar-refractivity contribution < 1.29 is 4.74 Å². The van der Waals surface area contributed by atoms with Crippen molar-refractivity contribution in [1.29, 1.82) is 0 Å². The number of likely N-dealkylation sites (tertiary alicyclic amines) is 1. The van der Waals surface area contributed by atoms with E-state index in [1.54, 1.807) is 0 Å². The van der Waals surface area contributed by atoms with Crippen molar-refractivity contribution in [3.8, 4) is 0 Å². The molecule has 0 aliphatic carbocycles. The van der Waals surface area contributed by atoms with Gasteiger partial charge in [0.15, 0.2) is 0 Å². The van der Waals surface area contributed by atoms with Gasteiger partial charge in [-0.2, -0.15) is 0 Å². The Morgan fingerprint density at radius 1 is 1.33 bits per heavy atom. The molecule has 2 aliphatic rings. The Balaban J connectivity index is 2.17. The van der Waals surface area contributed by atoms with E-state index < -0.39 is 0 Å². The highest BCUT2D eigenvalue weighted by molar-refractivity contribution is 4.99. The maximum absolute atomic E-state index is 5.79. The van der Waals surface area contributed by atoms with Gasteiger partial charge in [-0.3, -0.25) is 4.90 Å². The molecule has 0 aromatic heterocycles. The molecule has 2 rings (SSSR count). The topological polar surface area (TPSA) is 12.5 Å². The molecule has 0 radical (unpaired) electrons. The summed E-state index contributed by atoms with van der Waals surface area (Å²) in [7, 11) is 0. The maximum atomic E-state index is 5.79. The summed E-state index contributed by atoms with van der Waals surface area (Å²) in [6.07, 6.45) is 6.73. The number of piperidine rings is 1. The Kier molecular flexibility index (Phi) is 3.68. The van der Waals surface area contributed by atoms with E-state index in [2.05, 4.69) is 18.7 Å². The van der Waals surface area contributed by atoms with Gasteiger partial charge in [0.2, 0.25) is 0 Å². The molecule has 2 heteroatoms. The summed E-state index contributed by atoms with van der Waals surface area (Å²) < 4.78 is 5.79. The van der Waals surface area contributed by atoms with Crippen LogP contribution < -0.4 is 0 Å². The minimum absolute atomic E-state index is 0.403. The minimum Gasteiger partial charge on any atom is -0.380 e. The third-order valence-corrected chi connectivity index (χ3v) is 4.51. The summed E-state index contributed by atoms with van der Waals surface area (Å²) in [5.41, 5.74) is 0.403. The summed E-state index contributed by atoms with van der Waals surface area (Å²) >= 11 is 0. The van der Waals surface area contributed by atoms with Crippen molar-refractivity contribution in [3.63, 3.8) is 0 Å². The van der Waals surface area contributed by atoms with E-state index >= 15 is 0 Å². The second-order valence-electron chi connectivity index (χ2n) is 5.09. The molecule has 15 heavy (non-hydrogen) atoms. The van der Waals surface area contributed by atoms with E-state index in [-0.39, 0.29) is 0 Å². The molecule has 88 valence electrons. The Morgan fingerprint density at radius 2 is 2.20 bits per heavy atom. The van der Waals surface area contributed by atoms with E-state index in [1.807, 2.05) is 0 Å². The zero-order valence-corrected chi connectivity index (χ0v) is 10.3. The van der Waals surface area contributed by atoms with Gasteiger partial charge in [-0.25, -0.2) is 0 Å². The number of hydrogen-bond acceptors (Lipinski definition) is 2. The van der Waals surface area contributed by atoms with Crippen molar-refractivity contribution >= 4 is 0 Å². The van der Waals surface area contributed by atoms with E-state index in [4.69, 9.17) is 4.74 Å². The first-order valence-electron chi connectivity index (χ1n) is 6.66. The van der Waals surface area contributed by atoms with Gasteiger partial charge >= 0.3 is 0 Å². The Hall–Kier alpha value is -0.0800. The first-order valence-corrected chi connectivity index (χ1v) is 6.66. The van der Waals surface area contributed by atoms with Crippen molar-refractivity contribution in [2.24, 2.45) is 5.92 Å². The molecule has 2 atom stereocenters. The molecular weight excluding hydrogens is 186 g/mol. The first-order chi connectivity index (χ1) is 7.33. The highest BCUT2D eigenvalue weighted by Crippen LogP contribution is 2.40. The zero-order chi connectivity index (χ0) is 10.7. The zero-order valence-electron chi connectivity index (χ0n) is 10.3.